The third-order valence-corrected chi connectivity index (χ3v) is 8.27. The van der Waals surface area contributed by atoms with E-state index in [1.165, 1.54) is 0 Å². The summed E-state index contributed by atoms with van der Waals surface area (Å²) in [5, 5.41) is 10.5. The standard InChI is InChI=1S/C21H30ClNO5S.C6H5Cl/c1-5-6-16(13-29(27)21(2,3)4)23-17(14-7-9-15(22)10-8-14)12-28-18(20(23)26)11-19(24)25;7-6-4-2-1-3-5-6/h7-10,16-18H,5-6,11-13H2,1-4H3,(H,24,25);1-5H/t16-,17-,18+,29?;/m0./s1. The molecule has 1 N–H and O–H groups in total. The molecule has 1 saturated heterocycles. The molecular weight excluding hydrogens is 521 g/mol. The molecule has 1 unspecified atom stereocenters. The first-order valence-electron chi connectivity index (χ1n) is 11.9. The van der Waals surface area contributed by atoms with Crippen molar-refractivity contribution in [3.63, 3.8) is 0 Å². The van der Waals surface area contributed by atoms with Gasteiger partial charge in [-0.3, -0.25) is 13.8 Å². The summed E-state index contributed by atoms with van der Waals surface area (Å²) in [6.45, 7) is 7.95. The number of carbonyl (C=O) groups is 2. The number of ether oxygens (including phenoxy) is 1. The quantitative estimate of drug-likeness (QED) is 0.423. The summed E-state index contributed by atoms with van der Waals surface area (Å²) in [5.74, 6) is -1.10. The van der Waals surface area contributed by atoms with Crippen LogP contribution in [0, 0.1) is 0 Å². The lowest BCUT2D eigenvalue weighted by Gasteiger charge is -2.44. The molecule has 3 rings (SSSR count). The first-order chi connectivity index (χ1) is 16.9. The normalized spacial score (nSPS) is 19.7. The summed E-state index contributed by atoms with van der Waals surface area (Å²) < 4.78 is 18.1. The summed E-state index contributed by atoms with van der Waals surface area (Å²) >= 11 is 11.5. The molecule has 4 atom stereocenters. The minimum absolute atomic E-state index is 0.188. The van der Waals surface area contributed by atoms with Gasteiger partial charge in [0.25, 0.3) is 5.91 Å². The molecule has 198 valence electrons. The second kappa shape index (κ2) is 14.1. The van der Waals surface area contributed by atoms with Crippen molar-refractivity contribution >= 4 is 45.9 Å². The number of carbonyl (C=O) groups excluding carboxylic acids is 1. The van der Waals surface area contributed by atoms with Gasteiger partial charge < -0.3 is 14.7 Å². The Kier molecular flexibility index (Phi) is 11.9. The number of carboxylic acids is 1. The molecule has 1 fully saturated rings. The largest absolute Gasteiger partial charge is 0.481 e. The highest BCUT2D eigenvalue weighted by atomic mass is 35.5. The smallest absolute Gasteiger partial charge is 0.306 e. The minimum atomic E-state index is -1.15. The van der Waals surface area contributed by atoms with Crippen LogP contribution in [0.3, 0.4) is 0 Å². The highest BCUT2D eigenvalue weighted by Crippen LogP contribution is 2.33. The molecule has 9 heteroatoms. The SMILES string of the molecule is CCC[C@@H](CS(=O)C(C)(C)C)N1C(=O)[C@@H](CC(=O)O)OC[C@H]1c1ccc(Cl)cc1.Clc1ccccc1. The summed E-state index contributed by atoms with van der Waals surface area (Å²) in [4.78, 5) is 26.2. The zero-order chi connectivity index (χ0) is 26.9. The Hall–Kier alpha value is -1.93. The number of benzene rings is 2. The molecule has 0 spiro atoms. The Morgan fingerprint density at radius 2 is 1.69 bits per heavy atom. The number of morpholine rings is 1. The average molecular weight is 557 g/mol. The third kappa shape index (κ3) is 9.18. The van der Waals surface area contributed by atoms with Gasteiger partial charge in [0.05, 0.1) is 19.1 Å². The van der Waals surface area contributed by atoms with Crippen LogP contribution in [0.15, 0.2) is 54.6 Å². The zero-order valence-corrected chi connectivity index (χ0v) is 23.5. The van der Waals surface area contributed by atoms with Crippen molar-refractivity contribution < 1.29 is 23.6 Å². The molecule has 0 radical (unpaired) electrons. The van der Waals surface area contributed by atoms with Crippen molar-refractivity contribution in [1.29, 1.82) is 0 Å². The van der Waals surface area contributed by atoms with Gasteiger partial charge in [-0.25, -0.2) is 0 Å². The van der Waals surface area contributed by atoms with Gasteiger partial charge in [0.2, 0.25) is 0 Å². The predicted molar refractivity (Wildman–Crippen MR) is 146 cm³/mol. The van der Waals surface area contributed by atoms with E-state index >= 15 is 0 Å². The molecule has 1 amide bonds. The topological polar surface area (TPSA) is 83.9 Å². The van der Waals surface area contributed by atoms with E-state index in [0.717, 1.165) is 17.0 Å². The average Bonchev–Trinajstić information content (AvgIpc) is 2.80. The van der Waals surface area contributed by atoms with Gasteiger partial charge in [0.1, 0.15) is 6.10 Å². The van der Waals surface area contributed by atoms with E-state index in [2.05, 4.69) is 0 Å². The fourth-order valence-corrected chi connectivity index (χ4v) is 5.28. The van der Waals surface area contributed by atoms with Crippen molar-refractivity contribution in [3.05, 3.63) is 70.2 Å². The highest BCUT2D eigenvalue weighted by molar-refractivity contribution is 7.86. The number of nitrogens with zero attached hydrogens (tertiary/aromatic N) is 1. The van der Waals surface area contributed by atoms with Crippen molar-refractivity contribution in [2.24, 2.45) is 0 Å². The van der Waals surface area contributed by atoms with E-state index in [9.17, 15) is 13.8 Å². The highest BCUT2D eigenvalue weighted by Gasteiger charge is 2.42. The molecule has 1 aliphatic heterocycles. The van der Waals surface area contributed by atoms with Gasteiger partial charge >= 0.3 is 5.97 Å². The van der Waals surface area contributed by atoms with E-state index in [1.807, 2.05) is 70.2 Å². The molecular formula is C27H35Cl2NO5S. The molecule has 1 aliphatic rings. The van der Waals surface area contributed by atoms with Crippen molar-refractivity contribution in [2.75, 3.05) is 12.4 Å². The van der Waals surface area contributed by atoms with Crippen LogP contribution in [0.1, 0.15) is 58.6 Å². The monoisotopic (exact) mass is 555 g/mol. The molecule has 0 aliphatic carbocycles. The summed E-state index contributed by atoms with van der Waals surface area (Å²) in [7, 11) is -1.15. The second-order valence-corrected chi connectivity index (χ2v) is 12.7. The first kappa shape index (κ1) is 30.3. The van der Waals surface area contributed by atoms with Gasteiger partial charge in [-0.2, -0.15) is 0 Å². The number of rotatable bonds is 8. The van der Waals surface area contributed by atoms with E-state index in [0.29, 0.717) is 17.2 Å². The van der Waals surface area contributed by atoms with Gasteiger partial charge in [-0.15, -0.1) is 0 Å². The maximum Gasteiger partial charge on any atom is 0.306 e. The Morgan fingerprint density at radius 1 is 1.11 bits per heavy atom. The summed E-state index contributed by atoms with van der Waals surface area (Å²) in [5.41, 5.74) is 0.860. The fourth-order valence-electron chi connectivity index (χ4n) is 3.84. The maximum atomic E-state index is 13.3. The van der Waals surface area contributed by atoms with Crippen LogP contribution in [0.5, 0.6) is 0 Å². The van der Waals surface area contributed by atoms with Crippen LogP contribution in [0.4, 0.5) is 0 Å². The molecule has 0 bridgehead atoms. The van der Waals surface area contributed by atoms with Crippen LogP contribution in [0.2, 0.25) is 10.0 Å². The van der Waals surface area contributed by atoms with E-state index in [-0.39, 0.29) is 31.0 Å². The fraction of sp³-hybridized carbons (Fsp3) is 0.481. The first-order valence-corrected chi connectivity index (χ1v) is 14.0. The van der Waals surface area contributed by atoms with E-state index in [1.54, 1.807) is 17.0 Å². The summed E-state index contributed by atoms with van der Waals surface area (Å²) in [6, 6.07) is 16.0. The number of hydrogen-bond donors (Lipinski definition) is 1. The number of aliphatic carboxylic acids is 1. The maximum absolute atomic E-state index is 13.3. The molecule has 0 saturated carbocycles. The van der Waals surface area contributed by atoms with Gasteiger partial charge in [-0.1, -0.05) is 66.9 Å². The van der Waals surface area contributed by atoms with Crippen LogP contribution in [-0.4, -0.2) is 55.3 Å². The van der Waals surface area contributed by atoms with Crippen molar-refractivity contribution in [2.45, 2.75) is 69.9 Å². The van der Waals surface area contributed by atoms with Crippen LogP contribution < -0.4 is 0 Å². The molecule has 1 heterocycles. The molecule has 0 aromatic heterocycles. The number of amides is 1. The second-order valence-electron chi connectivity index (χ2n) is 9.60. The minimum Gasteiger partial charge on any atom is -0.481 e. The predicted octanol–water partition coefficient (Wildman–Crippen LogP) is 6.14. The van der Waals surface area contributed by atoms with Crippen LogP contribution in [-0.2, 0) is 25.1 Å². The van der Waals surface area contributed by atoms with Gasteiger partial charge in [0.15, 0.2) is 0 Å². The number of carboxylic acid groups (broad SMARTS) is 1. The molecule has 6 nitrogen and oxygen atoms in total. The zero-order valence-electron chi connectivity index (χ0n) is 21.2. The number of halogens is 2. The van der Waals surface area contributed by atoms with Crippen LogP contribution >= 0.6 is 23.2 Å². The van der Waals surface area contributed by atoms with E-state index in [4.69, 9.17) is 33.0 Å². The van der Waals surface area contributed by atoms with Crippen molar-refractivity contribution in [3.8, 4) is 0 Å². The summed E-state index contributed by atoms with van der Waals surface area (Å²) in [6.07, 6.45) is 0.0769. The Morgan fingerprint density at radius 3 is 2.17 bits per heavy atom. The number of hydrogen-bond acceptors (Lipinski definition) is 4. The lowest BCUT2D eigenvalue weighted by molar-refractivity contribution is -0.168. The van der Waals surface area contributed by atoms with Crippen molar-refractivity contribution in [1.82, 2.24) is 4.90 Å². The van der Waals surface area contributed by atoms with E-state index < -0.39 is 27.6 Å². The third-order valence-electron chi connectivity index (χ3n) is 5.71. The molecule has 2 aromatic rings. The van der Waals surface area contributed by atoms with Gasteiger partial charge in [0, 0.05) is 37.4 Å². The van der Waals surface area contributed by atoms with Crippen LogP contribution in [0.25, 0.3) is 0 Å². The lowest BCUT2D eigenvalue weighted by Crippen LogP contribution is -2.56. The lowest BCUT2D eigenvalue weighted by atomic mass is 9.98. The molecule has 2 aromatic carbocycles. The molecule has 36 heavy (non-hydrogen) atoms. The Balaban J connectivity index is 0.000000558. The Labute approximate surface area is 226 Å². The Bertz CT molecular complexity index is 1010. The van der Waals surface area contributed by atoms with Gasteiger partial charge in [-0.05, 0) is 57.0 Å².